The number of rotatable bonds is 9. The van der Waals surface area contributed by atoms with Crippen molar-refractivity contribution in [1.82, 2.24) is 5.43 Å². The number of methoxy groups -OCH3 is 1. The van der Waals surface area contributed by atoms with Crippen molar-refractivity contribution in [2.45, 2.75) is 19.8 Å². The predicted molar refractivity (Wildman–Crippen MR) is 104 cm³/mol. The molecule has 7 nitrogen and oxygen atoms in total. The minimum absolute atomic E-state index is 0.335. The number of carbonyl (C=O) groups is 2. The Bertz CT molecular complexity index is 788. The highest BCUT2D eigenvalue weighted by atomic mass is 16.5. The van der Waals surface area contributed by atoms with E-state index in [9.17, 15) is 9.59 Å². The van der Waals surface area contributed by atoms with E-state index in [-0.39, 0.29) is 6.42 Å². The van der Waals surface area contributed by atoms with Gasteiger partial charge in [-0.05, 0) is 48.4 Å². The van der Waals surface area contributed by atoms with Gasteiger partial charge < -0.3 is 14.8 Å². The highest BCUT2D eigenvalue weighted by Crippen LogP contribution is 2.16. The fraction of sp³-hybridized carbons (Fsp3) is 0.250. The molecule has 0 saturated carbocycles. The van der Waals surface area contributed by atoms with E-state index in [1.807, 2.05) is 31.2 Å². The van der Waals surface area contributed by atoms with Gasteiger partial charge in [-0.1, -0.05) is 13.0 Å². The fourth-order valence-corrected chi connectivity index (χ4v) is 2.14. The zero-order valence-electron chi connectivity index (χ0n) is 15.4. The maximum atomic E-state index is 11.9. The molecule has 2 aromatic rings. The summed E-state index contributed by atoms with van der Waals surface area (Å²) in [5.74, 6) is 0.461. The van der Waals surface area contributed by atoms with Crippen LogP contribution >= 0.6 is 0 Å². The van der Waals surface area contributed by atoms with Crippen LogP contribution in [0.4, 0.5) is 5.69 Å². The van der Waals surface area contributed by atoms with Gasteiger partial charge in [-0.2, -0.15) is 5.10 Å². The lowest BCUT2D eigenvalue weighted by molar-refractivity contribution is -0.126. The van der Waals surface area contributed by atoms with E-state index in [1.165, 1.54) is 13.3 Å². The fourth-order valence-electron chi connectivity index (χ4n) is 2.14. The molecule has 0 bridgehead atoms. The number of benzene rings is 2. The van der Waals surface area contributed by atoms with Crippen molar-refractivity contribution in [2.75, 3.05) is 19.0 Å². The molecule has 0 heterocycles. The Morgan fingerprint density at radius 2 is 1.85 bits per heavy atom. The van der Waals surface area contributed by atoms with Crippen LogP contribution in [0, 0.1) is 0 Å². The number of amides is 2. The first kappa shape index (κ1) is 20.0. The summed E-state index contributed by atoms with van der Waals surface area (Å²) in [5.41, 5.74) is 3.70. The van der Waals surface area contributed by atoms with Crippen LogP contribution in [0.2, 0.25) is 0 Å². The van der Waals surface area contributed by atoms with Crippen molar-refractivity contribution in [3.63, 3.8) is 0 Å². The SMILES string of the molecule is CCCOc1ccc(C=NNC(=O)CC(=O)Nc2cccc(OC)c2)cc1. The zero-order valence-corrected chi connectivity index (χ0v) is 15.4. The lowest BCUT2D eigenvalue weighted by Crippen LogP contribution is -2.24. The van der Waals surface area contributed by atoms with Gasteiger partial charge in [-0.3, -0.25) is 9.59 Å². The van der Waals surface area contributed by atoms with Gasteiger partial charge in [-0.15, -0.1) is 0 Å². The minimum Gasteiger partial charge on any atom is -0.497 e. The Hall–Kier alpha value is -3.35. The predicted octanol–water partition coefficient (Wildman–Crippen LogP) is 2.96. The molecular weight excluding hydrogens is 346 g/mol. The number of hydrogen-bond acceptors (Lipinski definition) is 5. The summed E-state index contributed by atoms with van der Waals surface area (Å²) >= 11 is 0. The molecule has 0 aliphatic rings. The number of hydrogen-bond donors (Lipinski definition) is 2. The van der Waals surface area contributed by atoms with Crippen LogP contribution in [0.3, 0.4) is 0 Å². The van der Waals surface area contributed by atoms with Gasteiger partial charge in [0.2, 0.25) is 11.8 Å². The van der Waals surface area contributed by atoms with Crippen LogP contribution in [0.15, 0.2) is 53.6 Å². The Morgan fingerprint density at radius 3 is 2.56 bits per heavy atom. The van der Waals surface area contributed by atoms with Crippen molar-refractivity contribution in [3.8, 4) is 11.5 Å². The monoisotopic (exact) mass is 369 g/mol. The van der Waals surface area contributed by atoms with E-state index >= 15 is 0 Å². The Balaban J connectivity index is 1.77. The maximum absolute atomic E-state index is 11.9. The summed E-state index contributed by atoms with van der Waals surface area (Å²) in [4.78, 5) is 23.7. The van der Waals surface area contributed by atoms with Crippen molar-refractivity contribution < 1.29 is 19.1 Å². The first-order valence-electron chi connectivity index (χ1n) is 8.59. The zero-order chi connectivity index (χ0) is 19.5. The Morgan fingerprint density at radius 1 is 1.07 bits per heavy atom. The smallest absolute Gasteiger partial charge is 0.249 e. The van der Waals surface area contributed by atoms with Gasteiger partial charge >= 0.3 is 0 Å². The van der Waals surface area contributed by atoms with Crippen LogP contribution in [-0.4, -0.2) is 31.7 Å². The molecule has 7 heteroatoms. The van der Waals surface area contributed by atoms with Crippen molar-refractivity contribution >= 4 is 23.7 Å². The van der Waals surface area contributed by atoms with Crippen LogP contribution in [0.25, 0.3) is 0 Å². The summed E-state index contributed by atoms with van der Waals surface area (Å²) < 4.78 is 10.6. The first-order valence-corrected chi connectivity index (χ1v) is 8.59. The molecule has 0 fully saturated rings. The van der Waals surface area contributed by atoms with Crippen molar-refractivity contribution in [3.05, 3.63) is 54.1 Å². The van der Waals surface area contributed by atoms with E-state index in [1.54, 1.807) is 24.3 Å². The molecule has 142 valence electrons. The summed E-state index contributed by atoms with van der Waals surface area (Å²) in [6.07, 6.45) is 2.11. The average Bonchev–Trinajstić information content (AvgIpc) is 2.67. The second-order valence-corrected chi connectivity index (χ2v) is 5.67. The number of nitrogens with one attached hydrogen (secondary N) is 2. The van der Waals surface area contributed by atoms with Crippen LogP contribution < -0.4 is 20.2 Å². The van der Waals surface area contributed by atoms with Gasteiger partial charge in [0.1, 0.15) is 17.9 Å². The highest BCUT2D eigenvalue weighted by Gasteiger charge is 2.09. The number of hydrazone groups is 1. The van der Waals surface area contributed by atoms with Crippen molar-refractivity contribution in [2.24, 2.45) is 5.10 Å². The van der Waals surface area contributed by atoms with Gasteiger partial charge in [-0.25, -0.2) is 5.43 Å². The van der Waals surface area contributed by atoms with Crippen LogP contribution in [0.5, 0.6) is 11.5 Å². The van der Waals surface area contributed by atoms with E-state index < -0.39 is 11.8 Å². The molecule has 0 atom stereocenters. The minimum atomic E-state index is -0.505. The number of ether oxygens (including phenoxy) is 2. The lowest BCUT2D eigenvalue weighted by atomic mass is 10.2. The molecule has 0 spiro atoms. The normalized spacial score (nSPS) is 10.4. The summed E-state index contributed by atoms with van der Waals surface area (Å²) in [6, 6.07) is 14.2. The molecule has 2 N–H and O–H groups in total. The standard InChI is InChI=1S/C20H23N3O4/c1-3-11-27-17-9-7-15(8-10-17)14-21-23-20(25)13-19(24)22-16-5-4-6-18(12-16)26-2/h4-10,12,14H,3,11,13H2,1-2H3,(H,22,24)(H,23,25). The van der Waals surface area contributed by atoms with E-state index in [4.69, 9.17) is 9.47 Å². The quantitative estimate of drug-likeness (QED) is 0.404. The van der Waals surface area contributed by atoms with Gasteiger partial charge in [0.15, 0.2) is 0 Å². The van der Waals surface area contributed by atoms with Crippen LogP contribution in [-0.2, 0) is 9.59 Å². The highest BCUT2D eigenvalue weighted by molar-refractivity contribution is 6.03. The molecule has 0 aliphatic heterocycles. The molecule has 0 radical (unpaired) electrons. The molecule has 0 aliphatic carbocycles. The third kappa shape index (κ3) is 7.19. The lowest BCUT2D eigenvalue weighted by Gasteiger charge is -2.06. The van der Waals surface area contributed by atoms with Gasteiger partial charge in [0, 0.05) is 11.8 Å². The summed E-state index contributed by atoms with van der Waals surface area (Å²) in [6.45, 7) is 2.71. The second kappa shape index (κ2) is 10.6. The molecule has 2 aromatic carbocycles. The topological polar surface area (TPSA) is 89.0 Å². The largest absolute Gasteiger partial charge is 0.497 e. The molecule has 2 rings (SSSR count). The Labute approximate surface area is 158 Å². The molecule has 0 saturated heterocycles. The molecule has 0 unspecified atom stereocenters. The summed E-state index contributed by atoms with van der Waals surface area (Å²) in [7, 11) is 1.54. The van der Waals surface area contributed by atoms with E-state index in [0.29, 0.717) is 18.0 Å². The first-order chi connectivity index (χ1) is 13.1. The molecule has 27 heavy (non-hydrogen) atoms. The van der Waals surface area contributed by atoms with E-state index in [2.05, 4.69) is 15.8 Å². The molecule has 2 amide bonds. The number of anilines is 1. The third-order valence-electron chi connectivity index (χ3n) is 3.43. The van der Waals surface area contributed by atoms with Gasteiger partial charge in [0.05, 0.1) is 19.9 Å². The molecule has 0 aromatic heterocycles. The van der Waals surface area contributed by atoms with Gasteiger partial charge in [0.25, 0.3) is 0 Å². The number of nitrogens with zero attached hydrogens (tertiary/aromatic N) is 1. The Kier molecular flexibility index (Phi) is 7.84. The average molecular weight is 369 g/mol. The second-order valence-electron chi connectivity index (χ2n) is 5.67. The third-order valence-corrected chi connectivity index (χ3v) is 3.43. The molecular formula is C20H23N3O4. The van der Waals surface area contributed by atoms with E-state index in [0.717, 1.165) is 17.7 Å². The van der Waals surface area contributed by atoms with Crippen molar-refractivity contribution in [1.29, 1.82) is 0 Å². The van der Waals surface area contributed by atoms with Crippen LogP contribution in [0.1, 0.15) is 25.3 Å². The number of carbonyl (C=O) groups excluding carboxylic acids is 2. The maximum Gasteiger partial charge on any atom is 0.249 e. The summed E-state index contributed by atoms with van der Waals surface area (Å²) in [5, 5.41) is 6.49.